The molecule has 1 aliphatic carbocycles. The average molecular weight is 690 g/mol. The van der Waals surface area contributed by atoms with Crippen molar-refractivity contribution in [1.29, 1.82) is 0 Å². The van der Waals surface area contributed by atoms with Crippen LogP contribution in [0, 0.1) is 0 Å². The van der Waals surface area contributed by atoms with Crippen LogP contribution in [0.15, 0.2) is 57.9 Å². The number of nitrogens with one attached hydrogen (secondary N) is 1. The van der Waals surface area contributed by atoms with Gasteiger partial charge in [0.15, 0.2) is 0 Å². The number of aromatic nitrogens is 2. The van der Waals surface area contributed by atoms with E-state index in [0.29, 0.717) is 37.6 Å². The van der Waals surface area contributed by atoms with Crippen molar-refractivity contribution in [3.63, 3.8) is 0 Å². The number of halogens is 3. The van der Waals surface area contributed by atoms with Gasteiger partial charge in [0, 0.05) is 65.2 Å². The molecule has 210 valence electrons. The summed E-state index contributed by atoms with van der Waals surface area (Å²) >= 11 is 13.9. The number of carbonyl (C=O) groups excluding carboxylic acids is 2. The van der Waals surface area contributed by atoms with Gasteiger partial charge in [0.2, 0.25) is 11.8 Å². The number of carbonyl (C=O) groups is 2. The van der Waals surface area contributed by atoms with Gasteiger partial charge in [-0.25, -0.2) is 0 Å². The van der Waals surface area contributed by atoms with E-state index in [1.807, 2.05) is 30.5 Å². The molecule has 0 radical (unpaired) electrons. The van der Waals surface area contributed by atoms with Crippen molar-refractivity contribution in [3.05, 3.63) is 90.8 Å². The van der Waals surface area contributed by atoms with Gasteiger partial charge in [-0.15, -0.1) is 0 Å². The molecule has 2 aliphatic rings. The van der Waals surface area contributed by atoms with Crippen LogP contribution in [-0.2, 0) is 29.0 Å². The Morgan fingerprint density at radius 1 is 1.12 bits per heavy atom. The molecule has 2 atom stereocenters. The van der Waals surface area contributed by atoms with Crippen molar-refractivity contribution >= 4 is 55.3 Å². The third kappa shape index (κ3) is 6.43. The lowest BCUT2D eigenvalue weighted by molar-refractivity contribution is -0.144. The van der Waals surface area contributed by atoms with Crippen LogP contribution in [-0.4, -0.2) is 57.3 Å². The monoisotopic (exact) mass is 687 g/mol. The number of nitrogens with zero attached hydrogens (tertiary/aromatic N) is 4. The van der Waals surface area contributed by atoms with Gasteiger partial charge < -0.3 is 10.2 Å². The van der Waals surface area contributed by atoms with E-state index in [9.17, 15) is 9.59 Å². The molecule has 3 heterocycles. The summed E-state index contributed by atoms with van der Waals surface area (Å²) in [5, 5.41) is 3.75. The van der Waals surface area contributed by atoms with E-state index in [1.165, 1.54) is 0 Å². The van der Waals surface area contributed by atoms with Crippen LogP contribution in [0.4, 0.5) is 0 Å². The highest BCUT2D eigenvalue weighted by molar-refractivity contribution is 9.10. The zero-order valence-electron chi connectivity index (χ0n) is 22.4. The van der Waals surface area contributed by atoms with Gasteiger partial charge in [-0.05, 0) is 81.7 Å². The molecule has 0 spiro atoms. The number of benzene rings is 1. The highest BCUT2D eigenvalue weighted by Gasteiger charge is 2.40. The Kier molecular flexibility index (Phi) is 9.56. The maximum Gasteiger partial charge on any atom is 0.244 e. The van der Waals surface area contributed by atoms with Crippen molar-refractivity contribution in [2.75, 3.05) is 19.6 Å². The van der Waals surface area contributed by atoms with Crippen LogP contribution in [0.3, 0.4) is 0 Å². The van der Waals surface area contributed by atoms with E-state index in [0.717, 1.165) is 62.6 Å². The number of aryl methyl sites for hydroxylation is 2. The molecular formula is C30H32Br2ClN5O2. The second-order valence-electron chi connectivity index (χ2n) is 10.3. The summed E-state index contributed by atoms with van der Waals surface area (Å²) < 4.78 is 1.86. The molecule has 2 aromatic heterocycles. The van der Waals surface area contributed by atoms with Crippen molar-refractivity contribution in [3.8, 4) is 0 Å². The lowest BCUT2D eigenvalue weighted by Gasteiger charge is -2.44. The zero-order chi connectivity index (χ0) is 28.2. The molecule has 40 heavy (non-hydrogen) atoms. The number of amides is 2. The van der Waals surface area contributed by atoms with E-state index < -0.39 is 6.04 Å². The molecular weight excluding hydrogens is 658 g/mol. The van der Waals surface area contributed by atoms with Gasteiger partial charge in [0.1, 0.15) is 6.04 Å². The molecule has 1 aliphatic heterocycles. The lowest BCUT2D eigenvalue weighted by atomic mass is 9.95. The summed E-state index contributed by atoms with van der Waals surface area (Å²) in [5.41, 5.74) is 5.34. The number of rotatable bonds is 7. The number of pyridine rings is 2. The van der Waals surface area contributed by atoms with Gasteiger partial charge in [-0.3, -0.25) is 24.5 Å². The normalized spacial score (nSPS) is 18.9. The van der Waals surface area contributed by atoms with E-state index in [4.69, 9.17) is 16.6 Å². The standard InChI is InChI=1S/C30H32Br2ClN5O2/c1-2-3-6-26(39)38-11-10-37(18-25(38)30(40)36-16-19-5-4-9-34-15-19)29-27-20(13-23(33)14-24(27)32)7-8-21-12-22(31)17-35-28(21)29/h4-5,9,12-15,17,25,29H,2-3,6-8,10-11,16,18H2,1H3,(H,36,40). The first-order chi connectivity index (χ1) is 19.4. The Morgan fingerprint density at radius 2 is 1.95 bits per heavy atom. The van der Waals surface area contributed by atoms with Crippen LogP contribution in [0.1, 0.15) is 60.2 Å². The second kappa shape index (κ2) is 13.1. The fourth-order valence-corrected chi connectivity index (χ4v) is 7.16. The topological polar surface area (TPSA) is 78.4 Å². The van der Waals surface area contributed by atoms with E-state index in [-0.39, 0.29) is 17.9 Å². The molecule has 1 aromatic carbocycles. The number of hydrogen-bond acceptors (Lipinski definition) is 5. The first-order valence-electron chi connectivity index (χ1n) is 13.7. The van der Waals surface area contributed by atoms with Crippen LogP contribution in [0.5, 0.6) is 0 Å². The zero-order valence-corrected chi connectivity index (χ0v) is 26.3. The van der Waals surface area contributed by atoms with Crippen LogP contribution < -0.4 is 5.32 Å². The minimum Gasteiger partial charge on any atom is -0.350 e. The SMILES string of the molecule is CCCCC(=O)N1CCN(C2c3ncc(Br)cc3CCc3cc(Cl)cc(Br)c32)CC1C(=O)NCc1cccnc1. The molecule has 1 saturated heterocycles. The Morgan fingerprint density at radius 3 is 2.73 bits per heavy atom. The molecule has 10 heteroatoms. The third-order valence-corrected chi connectivity index (χ3v) is 8.99. The van der Waals surface area contributed by atoms with E-state index in [1.54, 1.807) is 17.3 Å². The molecule has 2 amide bonds. The summed E-state index contributed by atoms with van der Waals surface area (Å²) in [6.45, 7) is 3.92. The van der Waals surface area contributed by atoms with Crippen LogP contribution in [0.2, 0.25) is 5.02 Å². The van der Waals surface area contributed by atoms with Gasteiger partial charge in [-0.2, -0.15) is 0 Å². The summed E-state index contributed by atoms with van der Waals surface area (Å²) in [6.07, 6.45) is 9.13. The summed E-state index contributed by atoms with van der Waals surface area (Å²) in [6, 6.07) is 9.08. The molecule has 1 N–H and O–H groups in total. The largest absolute Gasteiger partial charge is 0.350 e. The molecule has 2 unspecified atom stereocenters. The van der Waals surface area contributed by atoms with Gasteiger partial charge in [-0.1, -0.05) is 46.9 Å². The molecule has 3 aromatic rings. The fraction of sp³-hybridized carbons (Fsp3) is 0.400. The first kappa shape index (κ1) is 29.2. The Bertz CT molecular complexity index is 1390. The minimum absolute atomic E-state index is 0.0275. The maximum atomic E-state index is 13.7. The molecule has 1 fully saturated rings. The van der Waals surface area contributed by atoms with Crippen molar-refractivity contribution in [1.82, 2.24) is 25.1 Å². The predicted molar refractivity (Wildman–Crippen MR) is 163 cm³/mol. The quantitative estimate of drug-likeness (QED) is 0.336. The number of hydrogen-bond donors (Lipinski definition) is 1. The van der Waals surface area contributed by atoms with Gasteiger partial charge in [0.25, 0.3) is 0 Å². The summed E-state index contributed by atoms with van der Waals surface area (Å²) in [5.74, 6) is -0.133. The average Bonchev–Trinajstić information content (AvgIpc) is 3.11. The van der Waals surface area contributed by atoms with Crippen molar-refractivity contribution < 1.29 is 9.59 Å². The molecule has 0 saturated carbocycles. The Hall–Kier alpha value is -2.33. The molecule has 7 nitrogen and oxygen atoms in total. The number of piperazine rings is 1. The van der Waals surface area contributed by atoms with E-state index >= 15 is 0 Å². The number of unbranched alkanes of at least 4 members (excludes halogenated alkanes) is 1. The highest BCUT2D eigenvalue weighted by atomic mass is 79.9. The highest BCUT2D eigenvalue weighted by Crippen LogP contribution is 2.42. The minimum atomic E-state index is -0.619. The lowest BCUT2D eigenvalue weighted by Crippen LogP contribution is -2.61. The molecule has 5 rings (SSSR count). The van der Waals surface area contributed by atoms with E-state index in [2.05, 4.69) is 60.1 Å². The number of fused-ring (bicyclic) bond motifs is 2. The fourth-order valence-electron chi connectivity index (χ4n) is 5.69. The van der Waals surface area contributed by atoms with Crippen LogP contribution >= 0.6 is 43.5 Å². The Labute approximate surface area is 257 Å². The summed E-state index contributed by atoms with van der Waals surface area (Å²) in [7, 11) is 0. The third-order valence-electron chi connectivity index (χ3n) is 7.68. The van der Waals surface area contributed by atoms with Crippen LogP contribution in [0.25, 0.3) is 0 Å². The van der Waals surface area contributed by atoms with Gasteiger partial charge in [0.05, 0.1) is 11.7 Å². The summed E-state index contributed by atoms with van der Waals surface area (Å²) in [4.78, 5) is 40.1. The maximum absolute atomic E-state index is 13.7. The van der Waals surface area contributed by atoms with Crippen molar-refractivity contribution in [2.45, 2.75) is 57.7 Å². The first-order valence-corrected chi connectivity index (χ1v) is 15.6. The smallest absolute Gasteiger partial charge is 0.244 e. The van der Waals surface area contributed by atoms with Crippen molar-refractivity contribution in [2.24, 2.45) is 0 Å². The predicted octanol–water partition coefficient (Wildman–Crippen LogP) is 5.86. The Balaban J connectivity index is 1.50. The second-order valence-corrected chi connectivity index (χ2v) is 12.5. The van der Waals surface area contributed by atoms with Gasteiger partial charge >= 0.3 is 0 Å². The molecule has 0 bridgehead atoms.